The second-order valence-electron chi connectivity index (χ2n) is 3.99. The van der Waals surface area contributed by atoms with Crippen molar-refractivity contribution < 1.29 is 19.4 Å². The van der Waals surface area contributed by atoms with E-state index >= 15 is 0 Å². The van der Waals surface area contributed by atoms with Gasteiger partial charge >= 0.3 is 5.97 Å². The standard InChI is InChI=1S/C11H15NO4S/c1-7-4-17-5-8(7)9(13)12-11(2,6-16-3)10(14)15/h4-5H,6H2,1-3H3,(H,12,13)(H,14,15). The van der Waals surface area contributed by atoms with Gasteiger partial charge in [0.05, 0.1) is 12.2 Å². The number of carbonyl (C=O) groups excluding carboxylic acids is 1. The minimum absolute atomic E-state index is 0.0861. The van der Waals surface area contributed by atoms with Crippen LogP contribution in [0.4, 0.5) is 0 Å². The monoisotopic (exact) mass is 257 g/mol. The van der Waals surface area contributed by atoms with E-state index in [1.165, 1.54) is 25.4 Å². The number of ether oxygens (including phenoxy) is 1. The second kappa shape index (κ2) is 5.29. The number of carbonyl (C=O) groups is 2. The van der Waals surface area contributed by atoms with Crippen LogP contribution in [0.5, 0.6) is 0 Å². The Morgan fingerprint density at radius 2 is 2.18 bits per heavy atom. The molecule has 1 aromatic heterocycles. The van der Waals surface area contributed by atoms with Crippen molar-refractivity contribution in [2.75, 3.05) is 13.7 Å². The molecule has 17 heavy (non-hydrogen) atoms. The number of nitrogens with one attached hydrogen (secondary N) is 1. The molecule has 0 radical (unpaired) electrons. The Labute approximate surface area is 103 Å². The molecule has 0 aliphatic carbocycles. The summed E-state index contributed by atoms with van der Waals surface area (Å²) < 4.78 is 4.82. The summed E-state index contributed by atoms with van der Waals surface area (Å²) in [5, 5.41) is 15.1. The van der Waals surface area contributed by atoms with Crippen molar-refractivity contribution in [3.63, 3.8) is 0 Å². The molecular formula is C11H15NO4S. The zero-order chi connectivity index (χ0) is 13.1. The van der Waals surface area contributed by atoms with Gasteiger partial charge in [-0.05, 0) is 24.8 Å². The minimum atomic E-state index is -1.42. The van der Waals surface area contributed by atoms with Gasteiger partial charge in [0.15, 0.2) is 5.54 Å². The fourth-order valence-electron chi connectivity index (χ4n) is 1.35. The summed E-state index contributed by atoms with van der Waals surface area (Å²) in [6.07, 6.45) is 0. The van der Waals surface area contributed by atoms with E-state index in [1.807, 2.05) is 5.38 Å². The first kappa shape index (κ1) is 13.7. The number of aliphatic carboxylic acids is 1. The molecule has 1 heterocycles. The van der Waals surface area contributed by atoms with Gasteiger partial charge in [0.2, 0.25) is 0 Å². The molecule has 1 amide bonds. The van der Waals surface area contributed by atoms with Crippen LogP contribution in [-0.2, 0) is 9.53 Å². The average Bonchev–Trinajstić information content (AvgIpc) is 2.64. The third-order valence-electron chi connectivity index (χ3n) is 2.39. The van der Waals surface area contributed by atoms with Gasteiger partial charge in [-0.1, -0.05) is 0 Å². The highest BCUT2D eigenvalue weighted by Gasteiger charge is 2.35. The number of carboxylic acids is 1. The normalized spacial score (nSPS) is 14.1. The van der Waals surface area contributed by atoms with E-state index in [2.05, 4.69) is 5.32 Å². The molecule has 0 spiro atoms. The molecule has 1 atom stereocenters. The summed E-state index contributed by atoms with van der Waals surface area (Å²) in [7, 11) is 1.39. The van der Waals surface area contributed by atoms with E-state index in [4.69, 9.17) is 9.84 Å². The molecule has 0 bridgehead atoms. The molecule has 5 nitrogen and oxygen atoms in total. The quantitative estimate of drug-likeness (QED) is 0.833. The maximum Gasteiger partial charge on any atom is 0.331 e. The van der Waals surface area contributed by atoms with Crippen molar-refractivity contribution in [1.29, 1.82) is 0 Å². The first-order chi connectivity index (χ1) is 7.90. The van der Waals surface area contributed by atoms with E-state index in [0.29, 0.717) is 5.56 Å². The highest BCUT2D eigenvalue weighted by atomic mass is 32.1. The molecule has 6 heteroatoms. The molecule has 1 rings (SSSR count). The Kier molecular flexibility index (Phi) is 4.25. The van der Waals surface area contributed by atoms with Crippen LogP contribution in [-0.4, -0.2) is 36.2 Å². The van der Waals surface area contributed by atoms with Gasteiger partial charge in [0.25, 0.3) is 5.91 Å². The highest BCUT2D eigenvalue weighted by molar-refractivity contribution is 7.08. The summed E-state index contributed by atoms with van der Waals surface area (Å²) in [5.41, 5.74) is -0.0866. The Hall–Kier alpha value is -1.40. The lowest BCUT2D eigenvalue weighted by Crippen LogP contribution is -2.55. The first-order valence-corrected chi connectivity index (χ1v) is 5.92. The molecule has 0 fully saturated rings. The second-order valence-corrected chi connectivity index (χ2v) is 4.74. The summed E-state index contributed by atoms with van der Waals surface area (Å²) in [6, 6.07) is 0. The Balaban J connectivity index is 2.85. The van der Waals surface area contributed by atoms with E-state index < -0.39 is 17.4 Å². The maximum atomic E-state index is 11.9. The number of carboxylic acid groups (broad SMARTS) is 1. The number of hydrogen-bond donors (Lipinski definition) is 2. The number of rotatable bonds is 5. The van der Waals surface area contributed by atoms with Crippen LogP contribution in [0.25, 0.3) is 0 Å². The summed E-state index contributed by atoms with van der Waals surface area (Å²) >= 11 is 1.40. The summed E-state index contributed by atoms with van der Waals surface area (Å²) in [6.45, 7) is 3.13. The van der Waals surface area contributed by atoms with Gasteiger partial charge in [-0.25, -0.2) is 4.79 Å². The van der Waals surface area contributed by atoms with E-state index in [-0.39, 0.29) is 6.61 Å². The molecule has 0 saturated heterocycles. The average molecular weight is 257 g/mol. The van der Waals surface area contributed by atoms with Crippen molar-refractivity contribution in [2.45, 2.75) is 19.4 Å². The first-order valence-electron chi connectivity index (χ1n) is 4.98. The van der Waals surface area contributed by atoms with Gasteiger partial charge in [-0.3, -0.25) is 4.79 Å². The van der Waals surface area contributed by atoms with Crippen molar-refractivity contribution in [3.05, 3.63) is 21.9 Å². The number of methoxy groups -OCH3 is 1. The Bertz CT molecular complexity index is 429. The van der Waals surface area contributed by atoms with Crippen LogP contribution in [0.2, 0.25) is 0 Å². The van der Waals surface area contributed by atoms with Crippen LogP contribution < -0.4 is 5.32 Å². The molecule has 1 unspecified atom stereocenters. The van der Waals surface area contributed by atoms with E-state index in [0.717, 1.165) is 5.56 Å². The number of amides is 1. The van der Waals surface area contributed by atoms with Crippen LogP contribution >= 0.6 is 11.3 Å². The van der Waals surface area contributed by atoms with Crippen molar-refractivity contribution in [2.24, 2.45) is 0 Å². The van der Waals surface area contributed by atoms with Crippen LogP contribution in [0.1, 0.15) is 22.8 Å². The van der Waals surface area contributed by atoms with Crippen LogP contribution in [0.15, 0.2) is 10.8 Å². The van der Waals surface area contributed by atoms with E-state index in [9.17, 15) is 9.59 Å². The molecule has 1 aromatic rings. The molecular weight excluding hydrogens is 242 g/mol. The number of thiophene rings is 1. The van der Waals surface area contributed by atoms with Gasteiger partial charge in [-0.15, -0.1) is 0 Å². The maximum absolute atomic E-state index is 11.9. The van der Waals surface area contributed by atoms with Crippen molar-refractivity contribution in [1.82, 2.24) is 5.32 Å². The zero-order valence-electron chi connectivity index (χ0n) is 9.94. The Morgan fingerprint density at radius 1 is 1.53 bits per heavy atom. The largest absolute Gasteiger partial charge is 0.479 e. The molecule has 2 N–H and O–H groups in total. The fourth-order valence-corrected chi connectivity index (χ4v) is 2.18. The smallest absolute Gasteiger partial charge is 0.331 e. The molecule has 0 saturated carbocycles. The topological polar surface area (TPSA) is 75.6 Å². The van der Waals surface area contributed by atoms with Gasteiger partial charge < -0.3 is 15.2 Å². The minimum Gasteiger partial charge on any atom is -0.479 e. The lowest BCUT2D eigenvalue weighted by Gasteiger charge is -2.25. The predicted octanol–water partition coefficient (Wildman–Crippen LogP) is 1.28. The molecule has 0 aromatic carbocycles. The third-order valence-corrected chi connectivity index (χ3v) is 3.26. The molecule has 94 valence electrons. The number of aryl methyl sites for hydroxylation is 1. The summed E-state index contributed by atoms with van der Waals surface area (Å²) in [5.74, 6) is -1.52. The van der Waals surface area contributed by atoms with Crippen LogP contribution in [0.3, 0.4) is 0 Å². The highest BCUT2D eigenvalue weighted by Crippen LogP contribution is 2.15. The lowest BCUT2D eigenvalue weighted by atomic mass is 10.0. The zero-order valence-corrected chi connectivity index (χ0v) is 10.8. The number of hydrogen-bond acceptors (Lipinski definition) is 4. The van der Waals surface area contributed by atoms with E-state index in [1.54, 1.807) is 12.3 Å². The lowest BCUT2D eigenvalue weighted by molar-refractivity contribution is -0.145. The van der Waals surface area contributed by atoms with Gasteiger partial charge in [-0.2, -0.15) is 11.3 Å². The summed E-state index contributed by atoms with van der Waals surface area (Å²) in [4.78, 5) is 23.0. The Morgan fingerprint density at radius 3 is 2.59 bits per heavy atom. The van der Waals surface area contributed by atoms with Crippen molar-refractivity contribution in [3.8, 4) is 0 Å². The molecule has 0 aliphatic heterocycles. The predicted molar refractivity (Wildman–Crippen MR) is 64.4 cm³/mol. The van der Waals surface area contributed by atoms with Crippen molar-refractivity contribution >= 4 is 23.2 Å². The molecule has 0 aliphatic rings. The van der Waals surface area contributed by atoms with Crippen LogP contribution in [0, 0.1) is 6.92 Å². The fraction of sp³-hybridized carbons (Fsp3) is 0.455. The third kappa shape index (κ3) is 3.04. The van der Waals surface area contributed by atoms with Gasteiger partial charge in [0.1, 0.15) is 0 Å². The SMILES string of the molecule is COCC(C)(NC(=O)c1cscc1C)C(=O)O. The van der Waals surface area contributed by atoms with Gasteiger partial charge in [0, 0.05) is 12.5 Å².